The van der Waals surface area contributed by atoms with Gasteiger partial charge in [0.1, 0.15) is 11.9 Å². The fourth-order valence-electron chi connectivity index (χ4n) is 2.53. The van der Waals surface area contributed by atoms with Crippen LogP contribution in [0.3, 0.4) is 0 Å². The quantitative estimate of drug-likeness (QED) is 0.890. The fraction of sp³-hybridized carbons (Fsp3) is 0.286. The van der Waals surface area contributed by atoms with Crippen LogP contribution in [0.2, 0.25) is 10.0 Å². The molecule has 1 atom stereocenters. The number of aliphatic carboxylic acids is 1. The fourth-order valence-corrected chi connectivity index (χ4v) is 2.83. The van der Waals surface area contributed by atoms with Crippen molar-refractivity contribution < 1.29 is 14.7 Å². The Morgan fingerprint density at radius 3 is 2.65 bits per heavy atom. The minimum Gasteiger partial charge on any atom is -0.480 e. The van der Waals surface area contributed by atoms with Crippen LogP contribution >= 0.6 is 23.2 Å². The lowest BCUT2D eigenvalue weighted by Crippen LogP contribution is -2.50. The normalized spacial score (nSPS) is 17.0. The summed E-state index contributed by atoms with van der Waals surface area (Å²) >= 11 is 11.8. The molecule has 0 radical (unpaired) electrons. The zero-order valence-electron chi connectivity index (χ0n) is 12.0. The Balaban J connectivity index is 1.97. The van der Waals surface area contributed by atoms with Gasteiger partial charge in [0, 0.05) is 5.56 Å². The molecule has 1 unspecified atom stereocenters. The first-order chi connectivity index (χ1) is 10.9. The van der Waals surface area contributed by atoms with Gasteiger partial charge >= 0.3 is 5.97 Å². The number of carbonyl (C=O) groups excluding carboxylic acids is 1. The zero-order chi connectivity index (χ0) is 16.7. The van der Waals surface area contributed by atoms with Crippen molar-refractivity contribution in [2.24, 2.45) is 0 Å². The van der Waals surface area contributed by atoms with Gasteiger partial charge in [0.05, 0.1) is 23.1 Å². The van der Waals surface area contributed by atoms with E-state index in [1.54, 1.807) is 11.5 Å². The van der Waals surface area contributed by atoms with Gasteiger partial charge in [0.2, 0.25) is 0 Å². The van der Waals surface area contributed by atoms with E-state index in [1.807, 2.05) is 0 Å². The summed E-state index contributed by atoms with van der Waals surface area (Å²) in [5.74, 6) is -0.360. The first-order valence-corrected chi connectivity index (χ1v) is 7.51. The number of fused-ring (bicyclic) bond motifs is 1. The maximum atomic E-state index is 12.7. The van der Waals surface area contributed by atoms with Gasteiger partial charge in [-0.1, -0.05) is 23.2 Å². The molecule has 7 nitrogen and oxygen atoms in total. The lowest BCUT2D eigenvalue weighted by Gasteiger charge is -2.33. The summed E-state index contributed by atoms with van der Waals surface area (Å²) in [6, 6.07) is 3.44. The summed E-state index contributed by atoms with van der Waals surface area (Å²) in [4.78, 5) is 25.5. The molecule has 0 saturated heterocycles. The summed E-state index contributed by atoms with van der Waals surface area (Å²) < 4.78 is 1.71. The van der Waals surface area contributed by atoms with Crippen molar-refractivity contribution in [3.63, 3.8) is 0 Å². The molecule has 0 spiro atoms. The Morgan fingerprint density at radius 1 is 1.26 bits per heavy atom. The lowest BCUT2D eigenvalue weighted by atomic mass is 10.1. The largest absolute Gasteiger partial charge is 0.480 e. The second-order valence-electron chi connectivity index (χ2n) is 5.19. The summed E-state index contributed by atoms with van der Waals surface area (Å²) in [6.45, 7) is 1.92. The van der Waals surface area contributed by atoms with Crippen LogP contribution in [0.1, 0.15) is 22.0 Å². The molecule has 1 aliphatic heterocycles. The molecule has 0 bridgehead atoms. The number of carboxylic acid groups (broad SMARTS) is 1. The van der Waals surface area contributed by atoms with Crippen LogP contribution < -0.4 is 0 Å². The number of nitrogens with zero attached hydrogens (tertiary/aromatic N) is 4. The minimum atomic E-state index is -1.09. The topological polar surface area (TPSA) is 88.3 Å². The first kappa shape index (κ1) is 15.8. The van der Waals surface area contributed by atoms with Gasteiger partial charge < -0.3 is 14.6 Å². The van der Waals surface area contributed by atoms with Crippen molar-refractivity contribution >= 4 is 35.1 Å². The van der Waals surface area contributed by atoms with Crippen molar-refractivity contribution in [2.75, 3.05) is 0 Å². The van der Waals surface area contributed by atoms with Gasteiger partial charge in [-0.15, -0.1) is 10.2 Å². The third-order valence-corrected chi connectivity index (χ3v) is 4.51. The van der Waals surface area contributed by atoms with Crippen molar-refractivity contribution in [2.45, 2.75) is 26.1 Å². The van der Waals surface area contributed by atoms with Crippen LogP contribution in [0.4, 0.5) is 0 Å². The Bertz CT molecular complexity index is 805. The van der Waals surface area contributed by atoms with E-state index in [2.05, 4.69) is 10.2 Å². The molecular formula is C14H12Cl2N4O3. The number of aryl methyl sites for hydroxylation is 1. The van der Waals surface area contributed by atoms with Crippen LogP contribution in [-0.2, 0) is 17.9 Å². The molecule has 1 N–H and O–H groups in total. The third kappa shape index (κ3) is 2.77. The monoisotopic (exact) mass is 354 g/mol. The van der Waals surface area contributed by atoms with E-state index >= 15 is 0 Å². The van der Waals surface area contributed by atoms with E-state index in [1.165, 1.54) is 23.1 Å². The molecule has 0 saturated carbocycles. The number of carboxylic acids is 1. The molecule has 1 aromatic heterocycles. The first-order valence-electron chi connectivity index (χ1n) is 6.76. The third-order valence-electron chi connectivity index (χ3n) is 3.77. The molecule has 23 heavy (non-hydrogen) atoms. The highest BCUT2D eigenvalue weighted by Gasteiger charge is 2.36. The van der Waals surface area contributed by atoms with Gasteiger partial charge in [-0.2, -0.15) is 0 Å². The SMILES string of the molecule is Cc1nnc2n1CC(C(=O)O)N(C(=O)c1ccc(Cl)c(Cl)c1)C2. The van der Waals surface area contributed by atoms with Gasteiger partial charge in [0.25, 0.3) is 5.91 Å². The van der Waals surface area contributed by atoms with Crippen LogP contribution in [0.5, 0.6) is 0 Å². The highest BCUT2D eigenvalue weighted by atomic mass is 35.5. The summed E-state index contributed by atoms with van der Waals surface area (Å²) in [5.41, 5.74) is 0.273. The molecule has 0 fully saturated rings. The number of carbonyl (C=O) groups is 2. The van der Waals surface area contributed by atoms with Crippen molar-refractivity contribution in [1.82, 2.24) is 19.7 Å². The van der Waals surface area contributed by atoms with Gasteiger partial charge in [-0.25, -0.2) is 4.79 Å². The second-order valence-corrected chi connectivity index (χ2v) is 6.00. The molecule has 1 amide bonds. The molecule has 2 heterocycles. The molecule has 1 aromatic carbocycles. The van der Waals surface area contributed by atoms with E-state index < -0.39 is 17.9 Å². The molecule has 3 rings (SSSR count). The average molecular weight is 355 g/mol. The Morgan fingerprint density at radius 2 is 2.00 bits per heavy atom. The number of hydrogen-bond donors (Lipinski definition) is 1. The predicted molar refractivity (Wildman–Crippen MR) is 82.5 cm³/mol. The lowest BCUT2D eigenvalue weighted by molar-refractivity contribution is -0.143. The Hall–Kier alpha value is -2.12. The Kier molecular flexibility index (Phi) is 3.99. The van der Waals surface area contributed by atoms with Crippen LogP contribution in [-0.4, -0.2) is 42.7 Å². The summed E-state index contributed by atoms with van der Waals surface area (Å²) in [6.07, 6.45) is 0. The van der Waals surface area contributed by atoms with Gasteiger partial charge in [-0.3, -0.25) is 4.79 Å². The summed E-state index contributed by atoms with van der Waals surface area (Å²) in [5, 5.41) is 17.9. The van der Waals surface area contributed by atoms with Crippen molar-refractivity contribution in [3.05, 3.63) is 45.5 Å². The Labute approximate surface area is 141 Å². The molecule has 120 valence electrons. The maximum absolute atomic E-state index is 12.7. The zero-order valence-corrected chi connectivity index (χ0v) is 13.5. The molecule has 2 aromatic rings. The number of halogens is 2. The number of benzene rings is 1. The summed E-state index contributed by atoms with van der Waals surface area (Å²) in [7, 11) is 0. The van der Waals surface area contributed by atoms with E-state index in [0.29, 0.717) is 16.7 Å². The van der Waals surface area contributed by atoms with E-state index in [4.69, 9.17) is 23.2 Å². The molecule has 9 heteroatoms. The second kappa shape index (κ2) is 5.82. The van der Waals surface area contributed by atoms with E-state index in [0.717, 1.165) is 0 Å². The molecule has 1 aliphatic rings. The molecular weight excluding hydrogens is 343 g/mol. The number of hydrogen-bond acceptors (Lipinski definition) is 4. The highest BCUT2D eigenvalue weighted by molar-refractivity contribution is 6.42. The van der Waals surface area contributed by atoms with Crippen LogP contribution in [0, 0.1) is 6.92 Å². The number of amides is 1. The van der Waals surface area contributed by atoms with Gasteiger partial charge in [-0.05, 0) is 25.1 Å². The van der Waals surface area contributed by atoms with E-state index in [9.17, 15) is 14.7 Å². The minimum absolute atomic E-state index is 0.0664. The number of rotatable bonds is 2. The van der Waals surface area contributed by atoms with Gasteiger partial charge in [0.15, 0.2) is 5.82 Å². The van der Waals surface area contributed by atoms with Crippen LogP contribution in [0.15, 0.2) is 18.2 Å². The molecule has 0 aliphatic carbocycles. The maximum Gasteiger partial charge on any atom is 0.328 e. The predicted octanol–water partition coefficient (Wildman–Crippen LogP) is 2.00. The van der Waals surface area contributed by atoms with Crippen molar-refractivity contribution in [1.29, 1.82) is 0 Å². The highest BCUT2D eigenvalue weighted by Crippen LogP contribution is 2.25. The standard InChI is InChI=1S/C14H12Cl2N4O3/c1-7-17-18-12-6-20(11(14(22)23)5-19(7)12)13(21)8-2-3-9(15)10(16)4-8/h2-4,11H,5-6H2,1H3,(H,22,23). The van der Waals surface area contributed by atoms with Crippen LogP contribution in [0.25, 0.3) is 0 Å². The smallest absolute Gasteiger partial charge is 0.328 e. The van der Waals surface area contributed by atoms with Crippen molar-refractivity contribution in [3.8, 4) is 0 Å². The average Bonchev–Trinajstić information content (AvgIpc) is 2.88. The number of aromatic nitrogens is 3. The van der Waals surface area contributed by atoms with E-state index in [-0.39, 0.29) is 23.7 Å².